The van der Waals surface area contributed by atoms with E-state index in [9.17, 15) is 15.8 Å². The van der Waals surface area contributed by atoms with Gasteiger partial charge in [-0.15, -0.1) is 22.7 Å². The van der Waals surface area contributed by atoms with E-state index in [0.29, 0.717) is 22.3 Å². The lowest BCUT2D eigenvalue weighted by Gasteiger charge is -2.13. The van der Waals surface area contributed by atoms with Crippen LogP contribution in [-0.2, 0) is 0 Å². The van der Waals surface area contributed by atoms with Gasteiger partial charge in [0.1, 0.15) is 0 Å². The third-order valence-corrected chi connectivity index (χ3v) is 11.7. The van der Waals surface area contributed by atoms with Gasteiger partial charge in [0.15, 0.2) is 0 Å². The van der Waals surface area contributed by atoms with Crippen molar-refractivity contribution in [2.24, 2.45) is 0 Å². The lowest BCUT2D eigenvalue weighted by Crippen LogP contribution is -1.90. The molecule has 0 bridgehead atoms. The van der Waals surface area contributed by atoms with Crippen LogP contribution >= 0.6 is 22.7 Å². The molecule has 0 spiro atoms. The van der Waals surface area contributed by atoms with Crippen molar-refractivity contribution in [3.05, 3.63) is 156 Å². The number of hydrogen-bond donors (Lipinski definition) is 0. The van der Waals surface area contributed by atoms with E-state index in [1.54, 1.807) is 29.5 Å². The second-order valence-corrected chi connectivity index (χ2v) is 14.4. The molecule has 3 nitrogen and oxygen atoms in total. The topological polar surface area (TPSA) is 71.4 Å². The highest BCUT2D eigenvalue weighted by Gasteiger charge is 2.15. The first-order chi connectivity index (χ1) is 24.6. The Kier molecular flexibility index (Phi) is 7.01. The lowest BCUT2D eigenvalue weighted by atomic mass is 9.90. The van der Waals surface area contributed by atoms with Crippen LogP contribution in [0.3, 0.4) is 0 Å². The van der Waals surface area contributed by atoms with E-state index in [-0.39, 0.29) is 0 Å². The van der Waals surface area contributed by atoms with Crippen molar-refractivity contribution in [3.8, 4) is 62.7 Å². The summed E-state index contributed by atoms with van der Waals surface area (Å²) < 4.78 is 4.90. The van der Waals surface area contributed by atoms with Gasteiger partial charge in [-0.25, -0.2) is 0 Å². The molecule has 7 aromatic carbocycles. The molecule has 0 amide bonds. The Hall–Kier alpha value is -6.55. The summed E-state index contributed by atoms with van der Waals surface area (Å²) in [5.41, 5.74) is 9.66. The van der Waals surface area contributed by atoms with Crippen LogP contribution in [0.25, 0.3) is 84.9 Å². The Labute approximate surface area is 296 Å². The predicted octanol–water partition coefficient (Wildman–Crippen LogP) is 12.7. The zero-order valence-electron chi connectivity index (χ0n) is 26.4. The van der Waals surface area contributed by atoms with Gasteiger partial charge in [0.2, 0.25) is 0 Å². The highest BCUT2D eigenvalue weighted by atomic mass is 32.1. The summed E-state index contributed by atoms with van der Waals surface area (Å²) in [6.45, 7) is 0. The van der Waals surface area contributed by atoms with E-state index in [4.69, 9.17) is 0 Å². The maximum Gasteiger partial charge on any atom is 0.0998 e. The van der Waals surface area contributed by atoms with E-state index in [1.807, 2.05) is 41.7 Å². The number of fused-ring (bicyclic) bond motifs is 6. The first-order valence-corrected chi connectivity index (χ1v) is 17.7. The Bertz CT molecular complexity index is 2930. The average Bonchev–Trinajstić information content (AvgIpc) is 3.74. The van der Waals surface area contributed by atoms with Crippen LogP contribution < -0.4 is 0 Å². The third-order valence-electron chi connectivity index (χ3n) is 9.39. The molecule has 0 N–H and O–H groups in total. The quantitative estimate of drug-likeness (QED) is 0.187. The second-order valence-electron chi connectivity index (χ2n) is 12.3. The summed E-state index contributed by atoms with van der Waals surface area (Å²) in [6, 6.07) is 54.8. The molecule has 0 unspecified atom stereocenters. The van der Waals surface area contributed by atoms with Gasteiger partial charge in [-0.2, -0.15) is 15.8 Å². The second kappa shape index (κ2) is 11.9. The van der Waals surface area contributed by atoms with Gasteiger partial charge in [0, 0.05) is 45.9 Å². The molecular formula is C45H23N3S2. The van der Waals surface area contributed by atoms with Crippen molar-refractivity contribution >= 4 is 63.0 Å². The van der Waals surface area contributed by atoms with Crippen LogP contribution in [0.1, 0.15) is 16.7 Å². The largest absolute Gasteiger partial charge is 0.192 e. The van der Waals surface area contributed by atoms with Crippen LogP contribution in [0, 0.1) is 34.0 Å². The molecule has 50 heavy (non-hydrogen) atoms. The monoisotopic (exact) mass is 669 g/mol. The molecule has 0 atom stereocenters. The number of rotatable bonds is 4. The molecule has 5 heteroatoms. The van der Waals surface area contributed by atoms with Crippen molar-refractivity contribution in [1.82, 2.24) is 0 Å². The van der Waals surface area contributed by atoms with Crippen LogP contribution in [0.2, 0.25) is 0 Å². The lowest BCUT2D eigenvalue weighted by molar-refractivity contribution is 1.44. The Morgan fingerprint density at radius 3 is 1.42 bits per heavy atom. The van der Waals surface area contributed by atoms with Gasteiger partial charge in [0.05, 0.1) is 34.9 Å². The molecule has 2 heterocycles. The van der Waals surface area contributed by atoms with Gasteiger partial charge in [-0.3, -0.25) is 0 Å². The molecule has 9 aromatic rings. The number of nitrogens with zero attached hydrogens (tertiary/aromatic N) is 3. The zero-order chi connectivity index (χ0) is 33.8. The first-order valence-electron chi connectivity index (χ1n) is 16.1. The summed E-state index contributed by atoms with van der Waals surface area (Å²) in [5, 5.41) is 33.9. The van der Waals surface area contributed by atoms with Gasteiger partial charge in [-0.1, -0.05) is 60.7 Å². The summed E-state index contributed by atoms with van der Waals surface area (Å²) in [5.74, 6) is 0. The minimum absolute atomic E-state index is 0.482. The van der Waals surface area contributed by atoms with Crippen LogP contribution in [0.15, 0.2) is 140 Å². The number of nitriles is 3. The number of hydrogen-bond acceptors (Lipinski definition) is 5. The van der Waals surface area contributed by atoms with Gasteiger partial charge < -0.3 is 0 Å². The van der Waals surface area contributed by atoms with Gasteiger partial charge >= 0.3 is 0 Å². The molecule has 0 saturated heterocycles. The molecule has 230 valence electrons. The maximum atomic E-state index is 9.79. The highest BCUT2D eigenvalue weighted by molar-refractivity contribution is 7.26. The van der Waals surface area contributed by atoms with E-state index in [1.165, 1.54) is 29.6 Å². The Balaban J connectivity index is 1.23. The molecular weight excluding hydrogens is 647 g/mol. The van der Waals surface area contributed by atoms with Crippen LogP contribution in [-0.4, -0.2) is 0 Å². The summed E-state index contributed by atoms with van der Waals surface area (Å²) in [6.07, 6.45) is 0. The fourth-order valence-corrected chi connectivity index (χ4v) is 9.09. The van der Waals surface area contributed by atoms with Crippen LogP contribution in [0.4, 0.5) is 0 Å². The molecule has 0 saturated carbocycles. The van der Waals surface area contributed by atoms with E-state index < -0.39 is 0 Å². The minimum atomic E-state index is 0.482. The van der Waals surface area contributed by atoms with Gasteiger partial charge in [0.25, 0.3) is 0 Å². The Morgan fingerprint density at radius 1 is 0.340 bits per heavy atom. The zero-order valence-corrected chi connectivity index (χ0v) is 28.1. The van der Waals surface area contributed by atoms with Crippen molar-refractivity contribution in [2.45, 2.75) is 0 Å². The molecule has 0 aliphatic rings. The number of thiophene rings is 2. The third kappa shape index (κ3) is 4.92. The van der Waals surface area contributed by atoms with E-state index >= 15 is 0 Å². The fourth-order valence-electron chi connectivity index (χ4n) is 6.94. The van der Waals surface area contributed by atoms with Crippen molar-refractivity contribution in [1.29, 1.82) is 15.8 Å². The van der Waals surface area contributed by atoms with Crippen molar-refractivity contribution < 1.29 is 0 Å². The Morgan fingerprint density at radius 2 is 0.820 bits per heavy atom. The highest BCUT2D eigenvalue weighted by Crippen LogP contribution is 2.41. The van der Waals surface area contributed by atoms with Crippen LogP contribution in [0.5, 0.6) is 0 Å². The fraction of sp³-hybridized carbons (Fsp3) is 0. The molecule has 0 radical (unpaired) electrons. The smallest absolute Gasteiger partial charge is 0.0998 e. The molecule has 9 rings (SSSR count). The van der Waals surface area contributed by atoms with Crippen molar-refractivity contribution in [2.75, 3.05) is 0 Å². The SMILES string of the molecule is N#Cc1ccc2sc3ccc(-c4cc(-c5ccc(-c6c(C#N)cccc6C#N)cc5)cc(-c5ccc6sc7ccccc7c6c5)c4)cc3c2c1. The molecule has 0 aliphatic carbocycles. The first kappa shape index (κ1) is 29.6. The van der Waals surface area contributed by atoms with Crippen molar-refractivity contribution in [3.63, 3.8) is 0 Å². The summed E-state index contributed by atoms with van der Waals surface area (Å²) >= 11 is 3.56. The maximum absolute atomic E-state index is 9.79. The van der Waals surface area contributed by atoms with E-state index in [0.717, 1.165) is 49.7 Å². The summed E-state index contributed by atoms with van der Waals surface area (Å²) in [4.78, 5) is 0. The minimum Gasteiger partial charge on any atom is -0.192 e. The van der Waals surface area contributed by atoms with E-state index in [2.05, 4.69) is 109 Å². The predicted molar refractivity (Wildman–Crippen MR) is 208 cm³/mol. The molecule has 0 aliphatic heterocycles. The normalized spacial score (nSPS) is 11.1. The summed E-state index contributed by atoms with van der Waals surface area (Å²) in [7, 11) is 0. The molecule has 0 fully saturated rings. The average molecular weight is 670 g/mol. The van der Waals surface area contributed by atoms with Gasteiger partial charge in [-0.05, 0) is 118 Å². The molecule has 2 aromatic heterocycles. The standard InChI is InChI=1S/C45H23N3S2/c46-24-27-8-15-42-38(18-27)40-23-31(14-17-44(40)50-42)36-20-34(28-9-11-29(12-10-28)45-32(25-47)4-3-5-33(45)26-48)19-35(21-36)30-13-16-43-39(22-30)37-6-1-2-7-41(37)49-43/h1-23H. The number of benzene rings is 7.